The van der Waals surface area contributed by atoms with Crippen LogP contribution in [0.5, 0.6) is 5.75 Å². The Bertz CT molecular complexity index is 1000. The van der Waals surface area contributed by atoms with E-state index in [0.29, 0.717) is 24.8 Å². The number of ether oxygens (including phenoxy) is 1. The van der Waals surface area contributed by atoms with Gasteiger partial charge in [-0.25, -0.2) is 4.98 Å². The molecule has 164 valence electrons. The Morgan fingerprint density at radius 1 is 1.23 bits per heavy atom. The van der Waals surface area contributed by atoms with E-state index in [9.17, 15) is 4.79 Å². The van der Waals surface area contributed by atoms with Crippen molar-refractivity contribution in [3.8, 4) is 22.1 Å². The number of nitrogens with zero attached hydrogens (tertiary/aromatic N) is 3. The number of anilines is 1. The molecular weight excluding hydrogens is 408 g/mol. The van der Waals surface area contributed by atoms with Crippen LogP contribution in [0.15, 0.2) is 35.7 Å². The van der Waals surface area contributed by atoms with Crippen LogP contribution in [-0.2, 0) is 4.79 Å². The summed E-state index contributed by atoms with van der Waals surface area (Å²) in [7, 11) is 0. The molecular formula is C24H30N4O2S. The van der Waals surface area contributed by atoms with Gasteiger partial charge in [0.05, 0.1) is 18.0 Å². The predicted octanol–water partition coefficient (Wildman–Crippen LogP) is 6.00. The summed E-state index contributed by atoms with van der Waals surface area (Å²) in [6.45, 7) is 4.54. The molecule has 0 bridgehead atoms. The van der Waals surface area contributed by atoms with Gasteiger partial charge in [0.25, 0.3) is 0 Å². The lowest BCUT2D eigenvalue weighted by atomic mass is 9.86. The zero-order valence-electron chi connectivity index (χ0n) is 18.3. The number of aromatic nitrogens is 3. The summed E-state index contributed by atoms with van der Waals surface area (Å²) >= 11 is 1.51. The van der Waals surface area contributed by atoms with E-state index in [2.05, 4.69) is 10.4 Å². The van der Waals surface area contributed by atoms with Crippen molar-refractivity contribution < 1.29 is 9.53 Å². The molecule has 0 spiro atoms. The first-order valence-corrected chi connectivity index (χ1v) is 12.1. The maximum atomic E-state index is 12.6. The van der Waals surface area contributed by atoms with Crippen LogP contribution in [0.4, 0.5) is 5.82 Å². The molecule has 1 aromatic carbocycles. The largest absolute Gasteiger partial charge is 0.494 e. The maximum Gasteiger partial charge on any atom is 0.225 e. The number of carbonyl (C=O) groups excluding carboxylic acids is 1. The van der Waals surface area contributed by atoms with E-state index in [4.69, 9.17) is 9.72 Å². The summed E-state index contributed by atoms with van der Waals surface area (Å²) in [5.74, 6) is 2.28. The van der Waals surface area contributed by atoms with Crippen LogP contribution in [0, 0.1) is 12.8 Å². The monoisotopic (exact) mass is 438 g/mol. The molecule has 1 N–H and O–H groups in total. The fourth-order valence-corrected chi connectivity index (χ4v) is 4.93. The van der Waals surface area contributed by atoms with Crippen LogP contribution < -0.4 is 10.1 Å². The third-order valence-electron chi connectivity index (χ3n) is 5.74. The minimum Gasteiger partial charge on any atom is -0.494 e. The van der Waals surface area contributed by atoms with Crippen LogP contribution in [0.1, 0.15) is 57.6 Å². The zero-order chi connectivity index (χ0) is 21.6. The average molecular weight is 439 g/mol. The molecule has 2 heterocycles. The quantitative estimate of drug-likeness (QED) is 0.468. The summed E-state index contributed by atoms with van der Waals surface area (Å²) in [5, 5.41) is 10.4. The van der Waals surface area contributed by atoms with E-state index in [0.717, 1.165) is 34.3 Å². The van der Waals surface area contributed by atoms with Crippen molar-refractivity contribution in [1.82, 2.24) is 14.8 Å². The lowest BCUT2D eigenvalue weighted by Gasteiger charge is -2.20. The van der Waals surface area contributed by atoms with E-state index >= 15 is 0 Å². The second-order valence-electron chi connectivity index (χ2n) is 8.15. The van der Waals surface area contributed by atoms with Crippen molar-refractivity contribution >= 4 is 23.1 Å². The number of benzene rings is 1. The molecule has 1 aliphatic rings. The minimum atomic E-state index is 0.0509. The minimum absolute atomic E-state index is 0.0509. The Morgan fingerprint density at radius 2 is 2.00 bits per heavy atom. The van der Waals surface area contributed by atoms with E-state index < -0.39 is 0 Å². The van der Waals surface area contributed by atoms with Gasteiger partial charge in [-0.2, -0.15) is 9.78 Å². The van der Waals surface area contributed by atoms with Gasteiger partial charge in [-0.3, -0.25) is 4.79 Å². The number of rotatable bonds is 8. The second kappa shape index (κ2) is 10.1. The van der Waals surface area contributed by atoms with Crippen LogP contribution in [0.25, 0.3) is 16.4 Å². The van der Waals surface area contributed by atoms with Crippen LogP contribution in [0.3, 0.4) is 0 Å². The number of hydrogen-bond acceptors (Lipinski definition) is 5. The van der Waals surface area contributed by atoms with Crippen LogP contribution >= 0.6 is 11.3 Å². The molecule has 3 aromatic rings. The summed E-state index contributed by atoms with van der Waals surface area (Å²) in [4.78, 5) is 17.3. The van der Waals surface area contributed by atoms with Gasteiger partial charge in [-0.15, -0.1) is 11.3 Å². The van der Waals surface area contributed by atoms with Gasteiger partial charge in [0.15, 0.2) is 0 Å². The molecule has 31 heavy (non-hydrogen) atoms. The number of nitrogens with one attached hydrogen (secondary N) is 1. The highest BCUT2D eigenvalue weighted by atomic mass is 32.1. The van der Waals surface area contributed by atoms with Gasteiger partial charge < -0.3 is 10.1 Å². The van der Waals surface area contributed by atoms with Gasteiger partial charge >= 0.3 is 0 Å². The molecule has 0 unspecified atom stereocenters. The standard InChI is InChI=1S/C24H30N4O2S/c1-3-30-20-12-10-19(11-13-20)21-16-31-24(25-21)28-22(15-17(2)27-28)26-23(29)14-9-18-7-5-4-6-8-18/h10-13,15-16,18H,3-9,14H2,1-2H3,(H,26,29). The summed E-state index contributed by atoms with van der Waals surface area (Å²) in [6.07, 6.45) is 8.00. The zero-order valence-corrected chi connectivity index (χ0v) is 19.1. The van der Waals surface area contributed by atoms with Crippen LogP contribution in [0.2, 0.25) is 0 Å². The van der Waals surface area contributed by atoms with Gasteiger partial charge in [-0.05, 0) is 50.5 Å². The van der Waals surface area contributed by atoms with E-state index in [1.165, 1.54) is 43.4 Å². The van der Waals surface area contributed by atoms with Crippen molar-refractivity contribution in [3.63, 3.8) is 0 Å². The first kappa shape index (κ1) is 21.6. The fraction of sp³-hybridized carbons (Fsp3) is 0.458. The Morgan fingerprint density at radius 3 is 2.74 bits per heavy atom. The number of hydrogen-bond donors (Lipinski definition) is 1. The molecule has 7 heteroatoms. The molecule has 0 aliphatic heterocycles. The van der Waals surface area contributed by atoms with E-state index in [1.807, 2.05) is 49.6 Å². The molecule has 0 radical (unpaired) electrons. The lowest BCUT2D eigenvalue weighted by molar-refractivity contribution is -0.116. The van der Waals surface area contributed by atoms with E-state index in [1.54, 1.807) is 4.68 Å². The van der Waals surface area contributed by atoms with Crippen molar-refractivity contribution in [2.75, 3.05) is 11.9 Å². The Hall–Kier alpha value is -2.67. The Labute approximate surface area is 187 Å². The lowest BCUT2D eigenvalue weighted by Crippen LogP contribution is -2.17. The molecule has 0 atom stereocenters. The molecule has 1 amide bonds. The summed E-state index contributed by atoms with van der Waals surface area (Å²) in [5.41, 5.74) is 2.75. The van der Waals surface area contributed by atoms with Gasteiger partial charge in [-0.1, -0.05) is 32.1 Å². The maximum absolute atomic E-state index is 12.6. The summed E-state index contributed by atoms with van der Waals surface area (Å²) < 4.78 is 7.25. The van der Waals surface area contributed by atoms with E-state index in [-0.39, 0.29) is 5.91 Å². The van der Waals surface area contributed by atoms with Crippen LogP contribution in [-0.4, -0.2) is 27.3 Å². The molecule has 2 aromatic heterocycles. The predicted molar refractivity (Wildman–Crippen MR) is 125 cm³/mol. The highest BCUT2D eigenvalue weighted by Gasteiger charge is 2.17. The number of thiazole rings is 1. The molecule has 1 aliphatic carbocycles. The third kappa shape index (κ3) is 5.53. The van der Waals surface area contributed by atoms with Gasteiger partial charge in [0, 0.05) is 23.4 Å². The first-order chi connectivity index (χ1) is 15.1. The number of amides is 1. The highest BCUT2D eigenvalue weighted by Crippen LogP contribution is 2.29. The van der Waals surface area contributed by atoms with Gasteiger partial charge in [0.2, 0.25) is 11.0 Å². The molecule has 4 rings (SSSR count). The normalized spacial score (nSPS) is 14.5. The molecule has 6 nitrogen and oxygen atoms in total. The van der Waals surface area contributed by atoms with Crippen molar-refractivity contribution in [1.29, 1.82) is 0 Å². The first-order valence-electron chi connectivity index (χ1n) is 11.2. The summed E-state index contributed by atoms with van der Waals surface area (Å²) in [6, 6.07) is 9.82. The SMILES string of the molecule is CCOc1ccc(-c2csc(-n3nc(C)cc3NC(=O)CCC3CCCCC3)n2)cc1. The van der Waals surface area contributed by atoms with Crippen molar-refractivity contribution in [2.45, 2.75) is 58.8 Å². The topological polar surface area (TPSA) is 69.0 Å². The van der Waals surface area contributed by atoms with Crippen molar-refractivity contribution in [3.05, 3.63) is 41.4 Å². The van der Waals surface area contributed by atoms with Crippen molar-refractivity contribution in [2.24, 2.45) is 5.92 Å². The number of aryl methyl sites for hydroxylation is 1. The highest BCUT2D eigenvalue weighted by molar-refractivity contribution is 7.12. The second-order valence-corrected chi connectivity index (χ2v) is 8.98. The molecule has 1 fully saturated rings. The average Bonchev–Trinajstić information content (AvgIpc) is 3.40. The molecule has 1 saturated carbocycles. The molecule has 0 saturated heterocycles. The smallest absolute Gasteiger partial charge is 0.225 e. The third-order valence-corrected chi connectivity index (χ3v) is 6.55. The number of carbonyl (C=O) groups is 1. The fourth-order valence-electron chi connectivity index (χ4n) is 4.13. The van der Waals surface area contributed by atoms with Gasteiger partial charge in [0.1, 0.15) is 11.6 Å². The Balaban J connectivity index is 1.44. The Kier molecular flexibility index (Phi) is 7.02.